The molecule has 2 aliphatic heterocycles. The molecule has 2 aromatic heterocycles. The van der Waals surface area contributed by atoms with Gasteiger partial charge in [-0.1, -0.05) is 6.92 Å². The monoisotopic (exact) mass is 497 g/mol. The first kappa shape index (κ1) is 24.6. The molecule has 2 aliphatic rings. The Bertz CT molecular complexity index is 1190. The number of hydrogen-bond donors (Lipinski definition) is 1. The molecule has 5 rings (SSSR count). The van der Waals surface area contributed by atoms with Crippen LogP contribution in [0.5, 0.6) is 0 Å². The maximum Gasteiger partial charge on any atom is 0.159 e. The van der Waals surface area contributed by atoms with Crippen molar-refractivity contribution in [3.8, 4) is 11.3 Å². The third-order valence-electron chi connectivity index (χ3n) is 7.19. The van der Waals surface area contributed by atoms with Crippen LogP contribution in [0.2, 0.25) is 0 Å². The molecule has 0 unspecified atom stereocenters. The summed E-state index contributed by atoms with van der Waals surface area (Å²) in [7, 11) is 0. The quantitative estimate of drug-likeness (QED) is 0.531. The lowest BCUT2D eigenvalue weighted by atomic mass is 9.95. The Labute approximate surface area is 210 Å². The van der Waals surface area contributed by atoms with Crippen molar-refractivity contribution in [1.29, 1.82) is 0 Å². The van der Waals surface area contributed by atoms with E-state index in [0.29, 0.717) is 23.8 Å². The Morgan fingerprint density at radius 1 is 1.08 bits per heavy atom. The third kappa shape index (κ3) is 5.19. The molecular weight excluding hydrogens is 464 g/mol. The van der Waals surface area contributed by atoms with Gasteiger partial charge in [0.25, 0.3) is 0 Å². The highest BCUT2D eigenvalue weighted by Crippen LogP contribution is 2.33. The van der Waals surface area contributed by atoms with Crippen LogP contribution in [0.3, 0.4) is 0 Å². The van der Waals surface area contributed by atoms with E-state index in [1.807, 2.05) is 6.20 Å². The number of nitrogens with two attached hydrogens (primary N) is 1. The van der Waals surface area contributed by atoms with E-state index in [0.717, 1.165) is 88.3 Å². The van der Waals surface area contributed by atoms with Crippen LogP contribution in [0.15, 0.2) is 30.7 Å². The standard InChI is InChI=1S/C26H33F2N7O/c1-2-20-24(29)30-16-31-26(20)34-9-6-18(7-10-34)25-32-23(19-4-5-21(27)22(28)14-19)15-35(25)12-11-33-8-3-13-36-17-33/h4-5,14-16,18H,2-3,6-13,17H2,1H3,(H2,29,30,31). The lowest BCUT2D eigenvalue weighted by molar-refractivity contribution is -0.0147. The first-order chi connectivity index (χ1) is 17.5. The van der Waals surface area contributed by atoms with Gasteiger partial charge in [-0.15, -0.1) is 0 Å². The van der Waals surface area contributed by atoms with E-state index < -0.39 is 11.6 Å². The second-order valence-corrected chi connectivity index (χ2v) is 9.49. The van der Waals surface area contributed by atoms with Crippen LogP contribution >= 0.6 is 0 Å². The van der Waals surface area contributed by atoms with E-state index in [4.69, 9.17) is 15.5 Å². The summed E-state index contributed by atoms with van der Waals surface area (Å²) < 4.78 is 35.3. The molecule has 0 aliphatic carbocycles. The number of nitrogens with zero attached hydrogens (tertiary/aromatic N) is 6. The third-order valence-corrected chi connectivity index (χ3v) is 7.19. The fraction of sp³-hybridized carbons (Fsp3) is 0.500. The number of anilines is 2. The van der Waals surface area contributed by atoms with Crippen molar-refractivity contribution in [1.82, 2.24) is 24.4 Å². The Hall–Kier alpha value is -3.11. The number of hydrogen-bond acceptors (Lipinski definition) is 7. The Morgan fingerprint density at radius 3 is 2.64 bits per heavy atom. The predicted octanol–water partition coefficient (Wildman–Crippen LogP) is 3.83. The van der Waals surface area contributed by atoms with Crippen LogP contribution in [0.1, 0.15) is 43.5 Å². The van der Waals surface area contributed by atoms with Crippen molar-refractivity contribution in [3.05, 3.63) is 53.7 Å². The zero-order valence-electron chi connectivity index (χ0n) is 20.7. The number of benzene rings is 1. The first-order valence-electron chi connectivity index (χ1n) is 12.7. The summed E-state index contributed by atoms with van der Waals surface area (Å²) in [5, 5.41) is 0. The number of rotatable bonds is 7. The SMILES string of the molecule is CCc1c(N)ncnc1N1CCC(c2nc(-c3ccc(F)c(F)c3)cn2CCN2CCCOC2)CC1. The number of halogens is 2. The van der Waals surface area contributed by atoms with Crippen LogP contribution in [0, 0.1) is 11.6 Å². The zero-order valence-corrected chi connectivity index (χ0v) is 20.7. The molecule has 2 N–H and O–H groups in total. The number of imidazole rings is 1. The molecule has 0 spiro atoms. The van der Waals surface area contributed by atoms with Gasteiger partial charge in [0.05, 0.1) is 12.4 Å². The van der Waals surface area contributed by atoms with Crippen LogP contribution < -0.4 is 10.6 Å². The molecule has 2 saturated heterocycles. The summed E-state index contributed by atoms with van der Waals surface area (Å²) >= 11 is 0. The molecular formula is C26H33F2N7O. The lowest BCUT2D eigenvalue weighted by Crippen LogP contribution is -2.36. The number of ether oxygens (including phenoxy) is 1. The second kappa shape index (κ2) is 10.9. The molecule has 0 bridgehead atoms. The van der Waals surface area contributed by atoms with Gasteiger partial charge >= 0.3 is 0 Å². The highest BCUT2D eigenvalue weighted by atomic mass is 19.2. The van der Waals surface area contributed by atoms with Gasteiger partial charge in [0, 0.05) is 62.6 Å². The maximum absolute atomic E-state index is 14.0. The minimum Gasteiger partial charge on any atom is -0.383 e. The average Bonchev–Trinajstić information content (AvgIpc) is 3.34. The predicted molar refractivity (Wildman–Crippen MR) is 135 cm³/mol. The minimum atomic E-state index is -0.863. The molecule has 8 nitrogen and oxygen atoms in total. The van der Waals surface area contributed by atoms with Gasteiger partial charge < -0.3 is 19.9 Å². The Morgan fingerprint density at radius 2 is 1.92 bits per heavy atom. The van der Waals surface area contributed by atoms with Crippen LogP contribution in [0.4, 0.5) is 20.4 Å². The van der Waals surface area contributed by atoms with Gasteiger partial charge in [-0.05, 0) is 43.9 Å². The van der Waals surface area contributed by atoms with Crippen LogP contribution in [0.25, 0.3) is 11.3 Å². The van der Waals surface area contributed by atoms with Crippen LogP contribution in [-0.4, -0.2) is 63.9 Å². The molecule has 1 aromatic carbocycles. The highest BCUT2D eigenvalue weighted by molar-refractivity contribution is 5.59. The fourth-order valence-electron chi connectivity index (χ4n) is 5.18. The van der Waals surface area contributed by atoms with Crippen molar-refractivity contribution in [2.45, 2.75) is 45.1 Å². The molecule has 0 amide bonds. The summed E-state index contributed by atoms with van der Waals surface area (Å²) in [4.78, 5) is 18.2. The number of aromatic nitrogens is 4. The summed E-state index contributed by atoms with van der Waals surface area (Å²) in [5.74, 6) is 0.982. The van der Waals surface area contributed by atoms with E-state index in [1.54, 1.807) is 6.07 Å². The smallest absolute Gasteiger partial charge is 0.159 e. The molecule has 0 atom stereocenters. The Kier molecular flexibility index (Phi) is 7.43. The minimum absolute atomic E-state index is 0.252. The first-order valence-corrected chi connectivity index (χ1v) is 12.7. The van der Waals surface area contributed by atoms with Crippen LogP contribution in [-0.2, 0) is 17.7 Å². The van der Waals surface area contributed by atoms with E-state index in [-0.39, 0.29) is 5.92 Å². The van der Waals surface area contributed by atoms with Gasteiger partial charge in [-0.3, -0.25) is 4.90 Å². The number of piperidine rings is 1. The molecule has 3 aromatic rings. The van der Waals surface area contributed by atoms with E-state index >= 15 is 0 Å². The normalized spacial score (nSPS) is 17.6. The van der Waals surface area contributed by atoms with Crippen molar-refractivity contribution >= 4 is 11.6 Å². The molecule has 0 radical (unpaired) electrons. The lowest BCUT2D eigenvalue weighted by Gasteiger charge is -2.34. The summed E-state index contributed by atoms with van der Waals surface area (Å²) in [6.07, 6.45) is 7.13. The van der Waals surface area contributed by atoms with Crippen molar-refractivity contribution in [2.75, 3.05) is 50.2 Å². The topological polar surface area (TPSA) is 85.3 Å². The molecule has 0 saturated carbocycles. The molecule has 4 heterocycles. The highest BCUT2D eigenvalue weighted by Gasteiger charge is 2.27. The molecule has 192 valence electrons. The van der Waals surface area contributed by atoms with Gasteiger partial charge in [0.1, 0.15) is 23.8 Å². The summed E-state index contributed by atoms with van der Waals surface area (Å²) in [6, 6.07) is 3.96. The van der Waals surface area contributed by atoms with Crippen molar-refractivity contribution in [3.63, 3.8) is 0 Å². The van der Waals surface area contributed by atoms with E-state index in [2.05, 4.69) is 31.3 Å². The second-order valence-electron chi connectivity index (χ2n) is 9.49. The zero-order chi connectivity index (χ0) is 25.1. The van der Waals surface area contributed by atoms with Gasteiger partial charge in [-0.2, -0.15) is 0 Å². The Balaban J connectivity index is 1.36. The molecule has 2 fully saturated rings. The maximum atomic E-state index is 14.0. The average molecular weight is 498 g/mol. The van der Waals surface area contributed by atoms with E-state index in [9.17, 15) is 8.78 Å². The van der Waals surface area contributed by atoms with Gasteiger partial charge in [0.2, 0.25) is 0 Å². The fourth-order valence-corrected chi connectivity index (χ4v) is 5.18. The summed E-state index contributed by atoms with van der Waals surface area (Å²) in [5.41, 5.74) is 8.33. The van der Waals surface area contributed by atoms with Gasteiger partial charge in [0.15, 0.2) is 11.6 Å². The molecule has 36 heavy (non-hydrogen) atoms. The van der Waals surface area contributed by atoms with Crippen molar-refractivity contribution < 1.29 is 13.5 Å². The van der Waals surface area contributed by atoms with Crippen molar-refractivity contribution in [2.24, 2.45) is 0 Å². The summed E-state index contributed by atoms with van der Waals surface area (Å²) in [6.45, 7) is 7.81. The number of nitrogen functional groups attached to an aromatic ring is 1. The molecule has 10 heteroatoms. The van der Waals surface area contributed by atoms with E-state index in [1.165, 1.54) is 12.4 Å². The largest absolute Gasteiger partial charge is 0.383 e. The van der Waals surface area contributed by atoms with Gasteiger partial charge in [-0.25, -0.2) is 23.7 Å².